The Labute approximate surface area is 100 Å². The molecule has 0 unspecified atom stereocenters. The van der Waals surface area contributed by atoms with Crippen LogP contribution >= 0.6 is 35.0 Å². The van der Waals surface area contributed by atoms with E-state index in [9.17, 15) is 14.9 Å². The van der Waals surface area contributed by atoms with Crippen LogP contribution in [0, 0.1) is 10.1 Å². The number of hydrogen-bond acceptors (Lipinski definition) is 5. The summed E-state index contributed by atoms with van der Waals surface area (Å²) >= 11 is 11.9. The lowest BCUT2D eigenvalue weighted by molar-refractivity contribution is -0.419. The molecule has 1 fully saturated rings. The van der Waals surface area contributed by atoms with Gasteiger partial charge < -0.3 is 5.32 Å². The van der Waals surface area contributed by atoms with E-state index in [1.54, 1.807) is 0 Å². The van der Waals surface area contributed by atoms with Crippen molar-refractivity contribution in [3.8, 4) is 0 Å². The van der Waals surface area contributed by atoms with Gasteiger partial charge in [-0.3, -0.25) is 14.9 Å². The van der Waals surface area contributed by atoms with Crippen molar-refractivity contribution < 1.29 is 9.72 Å². The molecule has 0 saturated carbocycles. The summed E-state index contributed by atoms with van der Waals surface area (Å²) in [6.07, 6.45) is 0.901. The molecular weight excluding hydrogens is 263 g/mol. The molecule has 0 spiro atoms. The normalized spacial score (nSPS) is 19.7. The van der Waals surface area contributed by atoms with Crippen molar-refractivity contribution in [3.05, 3.63) is 20.8 Å². The van der Waals surface area contributed by atoms with Gasteiger partial charge in [0, 0.05) is 12.3 Å². The van der Waals surface area contributed by atoms with Crippen molar-refractivity contribution in [1.82, 2.24) is 5.32 Å². The molecule has 0 amide bonds. The molecule has 0 aromatic carbocycles. The van der Waals surface area contributed by atoms with Gasteiger partial charge in [0.1, 0.15) is 0 Å². The van der Waals surface area contributed by atoms with E-state index < -0.39 is 21.2 Å². The minimum Gasteiger partial charge on any atom is -0.374 e. The average molecular weight is 271 g/mol. The lowest BCUT2D eigenvalue weighted by atomic mass is 10.3. The molecule has 1 heterocycles. The minimum absolute atomic E-state index is 0.252. The first-order chi connectivity index (χ1) is 7.04. The third-order valence-corrected chi connectivity index (χ3v) is 3.20. The molecule has 8 heteroatoms. The van der Waals surface area contributed by atoms with Crippen molar-refractivity contribution in [2.75, 3.05) is 12.3 Å². The number of thioether (sulfide) groups is 1. The van der Waals surface area contributed by atoms with Gasteiger partial charge in [0.25, 0.3) is 5.78 Å². The number of carbonyl (C=O) groups is 1. The second kappa shape index (κ2) is 5.58. The van der Waals surface area contributed by atoms with Gasteiger partial charge in [-0.15, -0.1) is 11.8 Å². The van der Waals surface area contributed by atoms with Crippen LogP contribution in [0.4, 0.5) is 0 Å². The van der Waals surface area contributed by atoms with Gasteiger partial charge in [0.15, 0.2) is 9.87 Å². The first-order valence-corrected chi connectivity index (χ1v) is 5.97. The van der Waals surface area contributed by atoms with E-state index in [2.05, 4.69) is 5.32 Å². The number of Topliss-reactive ketones (excluding diaryl/α,β-unsaturated/α-hetero) is 1. The van der Waals surface area contributed by atoms with E-state index in [4.69, 9.17) is 23.2 Å². The second-order valence-electron chi connectivity index (χ2n) is 2.73. The van der Waals surface area contributed by atoms with E-state index >= 15 is 0 Å². The Bertz CT molecular complexity index is 311. The lowest BCUT2D eigenvalue weighted by Gasteiger charge is -2.15. The van der Waals surface area contributed by atoms with Crippen LogP contribution in [-0.4, -0.2) is 27.8 Å². The third-order valence-electron chi connectivity index (χ3n) is 1.68. The third kappa shape index (κ3) is 3.25. The monoisotopic (exact) mass is 270 g/mol. The van der Waals surface area contributed by atoms with Crippen molar-refractivity contribution >= 4 is 40.7 Å². The fourth-order valence-electron chi connectivity index (χ4n) is 1.04. The number of allylic oxidation sites excluding steroid dienone is 1. The Hall–Kier alpha value is -0.460. The van der Waals surface area contributed by atoms with E-state index in [-0.39, 0.29) is 5.03 Å². The van der Waals surface area contributed by atoms with Crippen LogP contribution in [0.5, 0.6) is 0 Å². The Morgan fingerprint density at radius 1 is 1.60 bits per heavy atom. The van der Waals surface area contributed by atoms with Gasteiger partial charge >= 0.3 is 5.70 Å². The van der Waals surface area contributed by atoms with E-state index in [0.29, 0.717) is 6.54 Å². The summed E-state index contributed by atoms with van der Waals surface area (Å²) in [5.74, 6) is -0.136. The molecule has 1 rings (SSSR count). The largest absolute Gasteiger partial charge is 0.374 e. The van der Waals surface area contributed by atoms with Crippen LogP contribution in [0.2, 0.25) is 0 Å². The van der Waals surface area contributed by atoms with Crippen molar-refractivity contribution in [3.63, 3.8) is 0 Å². The van der Waals surface area contributed by atoms with Crippen LogP contribution in [0.1, 0.15) is 6.42 Å². The fraction of sp³-hybridized carbons (Fsp3) is 0.571. The lowest BCUT2D eigenvalue weighted by Crippen LogP contribution is -2.27. The predicted octanol–water partition coefficient (Wildman–Crippen LogP) is 1.53. The Morgan fingerprint density at radius 2 is 2.27 bits per heavy atom. The summed E-state index contributed by atoms with van der Waals surface area (Å²) < 4.78 is 0. The van der Waals surface area contributed by atoms with Crippen molar-refractivity contribution in [2.24, 2.45) is 0 Å². The molecule has 1 aliphatic heterocycles. The molecule has 0 aliphatic carbocycles. The summed E-state index contributed by atoms with van der Waals surface area (Å²) in [6, 6.07) is 0. The summed E-state index contributed by atoms with van der Waals surface area (Å²) in [4.78, 5) is 19.9. The quantitative estimate of drug-likeness (QED) is 0.365. The average Bonchev–Trinajstić information content (AvgIpc) is 2.18. The van der Waals surface area contributed by atoms with Gasteiger partial charge in [0.2, 0.25) is 0 Å². The molecule has 1 N–H and O–H groups in total. The zero-order valence-electron chi connectivity index (χ0n) is 7.53. The SMILES string of the molecule is O=C(C(=C1NCCCS1)[N+](=O)[O-])C(Cl)Cl. The molecule has 5 nitrogen and oxygen atoms in total. The topological polar surface area (TPSA) is 72.2 Å². The zero-order valence-corrected chi connectivity index (χ0v) is 9.86. The first-order valence-electron chi connectivity index (χ1n) is 4.11. The highest BCUT2D eigenvalue weighted by atomic mass is 35.5. The van der Waals surface area contributed by atoms with Crippen LogP contribution < -0.4 is 5.32 Å². The number of halogens is 2. The Balaban J connectivity index is 2.99. The van der Waals surface area contributed by atoms with Crippen molar-refractivity contribution in [2.45, 2.75) is 11.3 Å². The van der Waals surface area contributed by atoms with Crippen LogP contribution in [-0.2, 0) is 4.79 Å². The molecule has 0 aromatic rings. The highest BCUT2D eigenvalue weighted by molar-refractivity contribution is 8.03. The minimum atomic E-state index is -1.40. The summed E-state index contributed by atoms with van der Waals surface area (Å²) in [7, 11) is 0. The molecular formula is C7H8Cl2N2O3S. The van der Waals surface area contributed by atoms with Gasteiger partial charge in [-0.25, -0.2) is 0 Å². The molecule has 0 aromatic heterocycles. The van der Waals surface area contributed by atoms with E-state index in [1.807, 2.05) is 0 Å². The number of hydrogen-bond donors (Lipinski definition) is 1. The second-order valence-corrected chi connectivity index (χ2v) is 4.93. The molecule has 0 atom stereocenters. The maximum absolute atomic E-state index is 11.4. The van der Waals surface area contributed by atoms with Crippen LogP contribution in [0.15, 0.2) is 10.7 Å². The maximum Gasteiger partial charge on any atom is 0.344 e. The highest BCUT2D eigenvalue weighted by Crippen LogP contribution is 2.24. The Morgan fingerprint density at radius 3 is 2.67 bits per heavy atom. The molecule has 84 valence electrons. The highest BCUT2D eigenvalue weighted by Gasteiger charge is 2.32. The van der Waals surface area contributed by atoms with E-state index in [1.165, 1.54) is 11.8 Å². The number of nitro groups is 1. The molecule has 1 aliphatic rings. The molecule has 15 heavy (non-hydrogen) atoms. The van der Waals surface area contributed by atoms with E-state index in [0.717, 1.165) is 12.2 Å². The van der Waals surface area contributed by atoms with Crippen molar-refractivity contribution in [1.29, 1.82) is 0 Å². The smallest absolute Gasteiger partial charge is 0.344 e. The standard InChI is InChI=1S/C7H8Cl2N2O3S/c8-6(9)5(12)4(11(13)14)7-10-2-1-3-15-7/h6,10H,1-3H2. The first kappa shape index (κ1) is 12.6. The summed E-state index contributed by atoms with van der Waals surface area (Å²) in [6.45, 7) is 0.613. The number of nitrogens with zero attached hydrogens (tertiary/aromatic N) is 1. The molecule has 0 bridgehead atoms. The van der Waals surface area contributed by atoms with Gasteiger partial charge in [0.05, 0.1) is 4.92 Å². The van der Waals surface area contributed by atoms with Gasteiger partial charge in [-0.1, -0.05) is 23.2 Å². The number of nitrogens with one attached hydrogen (secondary N) is 1. The summed E-state index contributed by atoms with van der Waals surface area (Å²) in [5, 5.41) is 13.8. The van der Waals surface area contributed by atoms with Gasteiger partial charge in [-0.05, 0) is 6.42 Å². The number of alkyl halides is 2. The van der Waals surface area contributed by atoms with Crippen LogP contribution in [0.3, 0.4) is 0 Å². The van der Waals surface area contributed by atoms with Crippen LogP contribution in [0.25, 0.3) is 0 Å². The fourth-order valence-corrected chi connectivity index (χ4v) is 2.26. The van der Waals surface area contributed by atoms with Gasteiger partial charge in [-0.2, -0.15) is 0 Å². The molecule has 0 radical (unpaired) electrons. The zero-order chi connectivity index (χ0) is 11.4. The maximum atomic E-state index is 11.4. The molecule has 1 saturated heterocycles. The predicted molar refractivity (Wildman–Crippen MR) is 59.6 cm³/mol. The number of rotatable bonds is 3. The number of ketones is 1. The number of carbonyl (C=O) groups excluding carboxylic acids is 1. The Kier molecular flexibility index (Phi) is 4.69. The summed E-state index contributed by atoms with van der Waals surface area (Å²) in [5.41, 5.74) is -0.547.